The summed E-state index contributed by atoms with van der Waals surface area (Å²) in [6.07, 6.45) is -0.326. The van der Waals surface area contributed by atoms with Crippen LogP contribution in [0.3, 0.4) is 0 Å². The summed E-state index contributed by atoms with van der Waals surface area (Å²) < 4.78 is 5.35. The Kier molecular flexibility index (Phi) is 5.62. The molecule has 0 spiro atoms. The first-order valence-corrected chi connectivity index (χ1v) is 8.36. The van der Waals surface area contributed by atoms with E-state index >= 15 is 0 Å². The van der Waals surface area contributed by atoms with E-state index in [-0.39, 0.29) is 6.10 Å². The lowest BCUT2D eigenvalue weighted by Gasteiger charge is -2.30. The van der Waals surface area contributed by atoms with Crippen molar-refractivity contribution in [3.8, 4) is 0 Å². The lowest BCUT2D eigenvalue weighted by molar-refractivity contribution is 0.00827. The maximum atomic E-state index is 10.3. The lowest BCUT2D eigenvalue weighted by Crippen LogP contribution is -2.43. The van der Waals surface area contributed by atoms with Gasteiger partial charge in [0.05, 0.1) is 19.3 Å². The molecule has 1 unspecified atom stereocenters. The standard InChI is InChI=1S/C19H26N2O2/c1-20(14-18(22)15-21-9-11-23-12-10-21)13-17-7-4-6-16-5-2-3-8-19(16)17/h2-8,18,22H,9-15H2,1H3. The molecule has 4 heteroatoms. The van der Waals surface area contributed by atoms with Crippen molar-refractivity contribution in [3.05, 3.63) is 48.0 Å². The number of aliphatic hydroxyl groups excluding tert-OH is 1. The van der Waals surface area contributed by atoms with Crippen LogP contribution in [0.4, 0.5) is 0 Å². The molecular weight excluding hydrogens is 288 g/mol. The van der Waals surface area contributed by atoms with Crippen molar-refractivity contribution in [1.82, 2.24) is 9.80 Å². The number of benzene rings is 2. The van der Waals surface area contributed by atoms with E-state index in [1.54, 1.807) is 0 Å². The van der Waals surface area contributed by atoms with Crippen molar-refractivity contribution in [2.45, 2.75) is 12.6 Å². The summed E-state index contributed by atoms with van der Waals surface area (Å²) in [6.45, 7) is 5.65. The van der Waals surface area contributed by atoms with E-state index in [9.17, 15) is 5.11 Å². The highest BCUT2D eigenvalue weighted by Gasteiger charge is 2.16. The first-order chi connectivity index (χ1) is 11.2. The van der Waals surface area contributed by atoms with Gasteiger partial charge >= 0.3 is 0 Å². The molecule has 0 amide bonds. The molecule has 1 heterocycles. The third kappa shape index (κ3) is 4.52. The smallest absolute Gasteiger partial charge is 0.0793 e. The average molecular weight is 314 g/mol. The summed E-state index contributed by atoms with van der Waals surface area (Å²) in [4.78, 5) is 4.48. The molecule has 3 rings (SSSR count). The van der Waals surface area contributed by atoms with Crippen LogP contribution in [0.25, 0.3) is 10.8 Å². The zero-order valence-electron chi connectivity index (χ0n) is 13.8. The van der Waals surface area contributed by atoms with Crippen LogP contribution < -0.4 is 0 Å². The van der Waals surface area contributed by atoms with Crippen molar-refractivity contribution in [2.24, 2.45) is 0 Å². The minimum Gasteiger partial charge on any atom is -0.390 e. The van der Waals surface area contributed by atoms with E-state index in [2.05, 4.69) is 59.3 Å². The summed E-state index contributed by atoms with van der Waals surface area (Å²) in [5.74, 6) is 0. The minimum absolute atomic E-state index is 0.326. The molecule has 1 atom stereocenters. The Morgan fingerprint density at radius 1 is 1.13 bits per heavy atom. The Bertz CT molecular complexity index is 620. The average Bonchev–Trinajstić information content (AvgIpc) is 2.56. The summed E-state index contributed by atoms with van der Waals surface area (Å²) in [7, 11) is 2.07. The number of likely N-dealkylation sites (N-methyl/N-ethyl adjacent to an activating group) is 1. The SMILES string of the molecule is CN(Cc1cccc2ccccc12)CC(O)CN1CCOCC1. The van der Waals surface area contributed by atoms with Gasteiger partial charge in [-0.1, -0.05) is 42.5 Å². The molecule has 2 aromatic carbocycles. The van der Waals surface area contributed by atoms with Crippen molar-refractivity contribution in [3.63, 3.8) is 0 Å². The van der Waals surface area contributed by atoms with Crippen molar-refractivity contribution >= 4 is 10.8 Å². The fourth-order valence-electron chi connectivity index (χ4n) is 3.29. The maximum absolute atomic E-state index is 10.3. The Balaban J connectivity index is 1.56. The maximum Gasteiger partial charge on any atom is 0.0793 e. The van der Waals surface area contributed by atoms with Gasteiger partial charge in [0.15, 0.2) is 0 Å². The van der Waals surface area contributed by atoms with E-state index in [1.807, 2.05) is 0 Å². The molecule has 0 saturated carbocycles. The molecule has 2 aromatic rings. The number of fused-ring (bicyclic) bond motifs is 1. The molecule has 0 radical (unpaired) electrons. The fourth-order valence-corrected chi connectivity index (χ4v) is 3.29. The van der Waals surface area contributed by atoms with Crippen LogP contribution in [-0.4, -0.2) is 67.5 Å². The van der Waals surface area contributed by atoms with Crippen LogP contribution in [0, 0.1) is 0 Å². The van der Waals surface area contributed by atoms with Crippen LogP contribution in [0.15, 0.2) is 42.5 Å². The van der Waals surface area contributed by atoms with Crippen LogP contribution in [0.2, 0.25) is 0 Å². The molecule has 1 aliphatic rings. The first kappa shape index (κ1) is 16.4. The second-order valence-electron chi connectivity index (χ2n) is 6.40. The monoisotopic (exact) mass is 314 g/mol. The second-order valence-corrected chi connectivity index (χ2v) is 6.40. The molecule has 1 saturated heterocycles. The van der Waals surface area contributed by atoms with Crippen LogP contribution in [-0.2, 0) is 11.3 Å². The van der Waals surface area contributed by atoms with Gasteiger partial charge in [-0.25, -0.2) is 0 Å². The molecule has 0 bridgehead atoms. The summed E-state index contributed by atoms with van der Waals surface area (Å²) >= 11 is 0. The van der Waals surface area contributed by atoms with Gasteiger partial charge < -0.3 is 9.84 Å². The van der Waals surface area contributed by atoms with E-state index in [1.165, 1.54) is 16.3 Å². The highest BCUT2D eigenvalue weighted by atomic mass is 16.5. The summed E-state index contributed by atoms with van der Waals surface area (Å²) in [5.41, 5.74) is 1.31. The number of aliphatic hydroxyl groups is 1. The zero-order chi connectivity index (χ0) is 16.1. The molecule has 0 aromatic heterocycles. The fraction of sp³-hybridized carbons (Fsp3) is 0.474. The van der Waals surface area contributed by atoms with Gasteiger partial charge in [0, 0.05) is 32.7 Å². The van der Waals surface area contributed by atoms with Crippen molar-refractivity contribution in [2.75, 3.05) is 46.4 Å². The Hall–Kier alpha value is -1.46. The topological polar surface area (TPSA) is 35.9 Å². The van der Waals surface area contributed by atoms with E-state index < -0.39 is 0 Å². The summed E-state index contributed by atoms with van der Waals surface area (Å²) in [5, 5.41) is 12.9. The minimum atomic E-state index is -0.326. The third-order valence-corrected chi connectivity index (χ3v) is 4.42. The lowest BCUT2D eigenvalue weighted by atomic mass is 10.0. The zero-order valence-corrected chi connectivity index (χ0v) is 13.8. The molecule has 124 valence electrons. The van der Waals surface area contributed by atoms with Gasteiger partial charge in [0.2, 0.25) is 0 Å². The third-order valence-electron chi connectivity index (χ3n) is 4.42. The van der Waals surface area contributed by atoms with Crippen molar-refractivity contribution < 1.29 is 9.84 Å². The Morgan fingerprint density at radius 3 is 2.70 bits per heavy atom. The molecule has 1 fully saturated rings. The number of hydrogen-bond donors (Lipinski definition) is 1. The van der Waals surface area contributed by atoms with Gasteiger partial charge in [-0.3, -0.25) is 9.80 Å². The van der Waals surface area contributed by atoms with E-state index in [0.29, 0.717) is 6.54 Å². The molecule has 1 N–H and O–H groups in total. The normalized spacial score (nSPS) is 17.7. The Labute approximate surface area is 138 Å². The van der Waals surface area contributed by atoms with E-state index in [0.717, 1.165) is 39.4 Å². The van der Waals surface area contributed by atoms with Gasteiger partial charge in [-0.15, -0.1) is 0 Å². The number of hydrogen-bond acceptors (Lipinski definition) is 4. The molecule has 0 aliphatic carbocycles. The predicted molar refractivity (Wildman–Crippen MR) is 93.5 cm³/mol. The van der Waals surface area contributed by atoms with Gasteiger partial charge in [0.1, 0.15) is 0 Å². The number of morpholine rings is 1. The molecule has 4 nitrogen and oxygen atoms in total. The van der Waals surface area contributed by atoms with Gasteiger partial charge in [0.25, 0.3) is 0 Å². The number of rotatable bonds is 6. The van der Waals surface area contributed by atoms with Crippen LogP contribution in [0.5, 0.6) is 0 Å². The predicted octanol–water partition coefficient (Wildman–Crippen LogP) is 1.96. The highest BCUT2D eigenvalue weighted by molar-refractivity contribution is 5.85. The van der Waals surface area contributed by atoms with Crippen molar-refractivity contribution in [1.29, 1.82) is 0 Å². The van der Waals surface area contributed by atoms with Gasteiger partial charge in [-0.05, 0) is 23.4 Å². The second kappa shape index (κ2) is 7.88. The first-order valence-electron chi connectivity index (χ1n) is 8.36. The van der Waals surface area contributed by atoms with Gasteiger partial charge in [-0.2, -0.15) is 0 Å². The van der Waals surface area contributed by atoms with Crippen LogP contribution >= 0.6 is 0 Å². The van der Waals surface area contributed by atoms with Crippen LogP contribution in [0.1, 0.15) is 5.56 Å². The molecule has 1 aliphatic heterocycles. The number of ether oxygens (including phenoxy) is 1. The number of β-amino-alcohol motifs (C(OH)–C–C–N with tert-alkyl or cyclic N) is 1. The quantitative estimate of drug-likeness (QED) is 0.884. The Morgan fingerprint density at radius 2 is 1.87 bits per heavy atom. The number of nitrogens with zero attached hydrogens (tertiary/aromatic N) is 2. The largest absolute Gasteiger partial charge is 0.390 e. The molecule has 23 heavy (non-hydrogen) atoms. The highest BCUT2D eigenvalue weighted by Crippen LogP contribution is 2.19. The summed E-state index contributed by atoms with van der Waals surface area (Å²) in [6, 6.07) is 14.9. The van der Waals surface area contributed by atoms with E-state index in [4.69, 9.17) is 4.74 Å². The molecular formula is C19H26N2O2.